The minimum atomic E-state index is -0.107. The molecule has 2 aromatic rings. The van der Waals surface area contributed by atoms with E-state index in [1.165, 1.54) is 19.2 Å². The highest BCUT2D eigenvalue weighted by molar-refractivity contribution is 6.05. The number of anilines is 2. The van der Waals surface area contributed by atoms with Gasteiger partial charge in [-0.05, 0) is 31.9 Å². The van der Waals surface area contributed by atoms with Crippen LogP contribution >= 0.6 is 0 Å². The van der Waals surface area contributed by atoms with E-state index in [-0.39, 0.29) is 5.91 Å². The van der Waals surface area contributed by atoms with Gasteiger partial charge in [-0.1, -0.05) is 18.2 Å². The topological polar surface area (TPSA) is 58.1 Å². The molecule has 0 atom stereocenters. The molecule has 1 heterocycles. The summed E-state index contributed by atoms with van der Waals surface area (Å²) < 4.78 is 0. The number of para-hydroxylation sites is 1. The molecule has 1 N–H and O–H groups in total. The number of nitrogens with one attached hydrogen (secondary N) is 1. The maximum atomic E-state index is 12.6. The van der Waals surface area contributed by atoms with E-state index in [2.05, 4.69) is 15.3 Å². The third-order valence-electron chi connectivity index (χ3n) is 3.44. The summed E-state index contributed by atoms with van der Waals surface area (Å²) in [5.41, 5.74) is 1.29. The molecule has 0 saturated heterocycles. The van der Waals surface area contributed by atoms with Crippen LogP contribution in [0.5, 0.6) is 0 Å². The second-order valence-corrected chi connectivity index (χ2v) is 5.09. The molecule has 1 amide bonds. The average molecular weight is 282 g/mol. The lowest BCUT2D eigenvalue weighted by molar-refractivity contribution is 0.0983. The van der Waals surface area contributed by atoms with E-state index in [1.54, 1.807) is 11.0 Å². The second kappa shape index (κ2) is 5.91. The van der Waals surface area contributed by atoms with E-state index < -0.39 is 0 Å². The Morgan fingerprint density at radius 2 is 2.05 bits per heavy atom. The molecule has 108 valence electrons. The van der Waals surface area contributed by atoms with E-state index in [1.807, 2.05) is 37.3 Å². The maximum absolute atomic E-state index is 12.6. The highest BCUT2D eigenvalue weighted by Crippen LogP contribution is 2.24. The summed E-state index contributed by atoms with van der Waals surface area (Å²) in [6.07, 6.45) is 3.77. The zero-order valence-electron chi connectivity index (χ0n) is 12.0. The number of carbonyl (C=O) groups excluding carboxylic acids is 1. The molecule has 5 heteroatoms. The molecule has 3 rings (SSSR count). The molecule has 1 saturated carbocycles. The van der Waals surface area contributed by atoms with E-state index in [4.69, 9.17) is 0 Å². The second-order valence-electron chi connectivity index (χ2n) is 5.09. The normalized spacial score (nSPS) is 13.8. The van der Waals surface area contributed by atoms with Crippen LogP contribution in [0.15, 0.2) is 42.7 Å². The lowest BCUT2D eigenvalue weighted by Crippen LogP contribution is -2.31. The van der Waals surface area contributed by atoms with E-state index in [9.17, 15) is 4.79 Å². The van der Waals surface area contributed by atoms with Gasteiger partial charge in [-0.15, -0.1) is 0 Å². The fourth-order valence-electron chi connectivity index (χ4n) is 2.18. The van der Waals surface area contributed by atoms with Crippen molar-refractivity contribution in [2.75, 3.05) is 16.8 Å². The van der Waals surface area contributed by atoms with Crippen LogP contribution in [0.1, 0.15) is 30.3 Å². The predicted octanol–water partition coefficient (Wildman–Crippen LogP) is 2.72. The van der Waals surface area contributed by atoms with Gasteiger partial charge in [-0.2, -0.15) is 0 Å². The van der Waals surface area contributed by atoms with Gasteiger partial charge in [0.1, 0.15) is 17.8 Å². The van der Waals surface area contributed by atoms with Crippen LogP contribution in [-0.2, 0) is 0 Å². The Hall–Kier alpha value is -2.43. The fourth-order valence-corrected chi connectivity index (χ4v) is 2.18. The summed E-state index contributed by atoms with van der Waals surface area (Å²) >= 11 is 0. The SMILES string of the molecule is CCN(C(=O)c1cc(NC2CC2)ncn1)c1ccccc1. The van der Waals surface area contributed by atoms with Gasteiger partial charge in [0.05, 0.1) is 0 Å². The van der Waals surface area contributed by atoms with Crippen LogP contribution in [0.4, 0.5) is 11.5 Å². The van der Waals surface area contributed by atoms with Gasteiger partial charge in [-0.25, -0.2) is 9.97 Å². The lowest BCUT2D eigenvalue weighted by atomic mass is 10.2. The molecule has 0 spiro atoms. The van der Waals surface area contributed by atoms with Crippen molar-refractivity contribution in [3.8, 4) is 0 Å². The van der Waals surface area contributed by atoms with Crippen LogP contribution in [0, 0.1) is 0 Å². The highest BCUT2D eigenvalue weighted by Gasteiger charge is 2.23. The third kappa shape index (κ3) is 3.18. The Labute approximate surface area is 124 Å². The molecule has 0 bridgehead atoms. The summed E-state index contributed by atoms with van der Waals surface area (Å²) in [5, 5.41) is 3.29. The molecular formula is C16H18N4O. The van der Waals surface area contributed by atoms with Crippen molar-refractivity contribution < 1.29 is 4.79 Å². The summed E-state index contributed by atoms with van der Waals surface area (Å²) in [4.78, 5) is 22.6. The fraction of sp³-hybridized carbons (Fsp3) is 0.312. The molecule has 1 aromatic heterocycles. The predicted molar refractivity (Wildman–Crippen MR) is 82.5 cm³/mol. The first-order chi connectivity index (χ1) is 10.3. The zero-order valence-corrected chi connectivity index (χ0v) is 12.0. The smallest absolute Gasteiger partial charge is 0.277 e. The standard InChI is InChI=1S/C16H18N4O/c1-2-20(13-6-4-3-5-7-13)16(21)14-10-15(18-11-17-14)19-12-8-9-12/h3-7,10-12H,2,8-9H2,1H3,(H,17,18,19). The number of benzene rings is 1. The van der Waals surface area contributed by atoms with Gasteiger partial charge in [-0.3, -0.25) is 4.79 Å². The number of rotatable bonds is 5. The number of hydrogen-bond donors (Lipinski definition) is 1. The highest BCUT2D eigenvalue weighted by atomic mass is 16.2. The molecule has 1 aromatic carbocycles. The van der Waals surface area contributed by atoms with Crippen molar-refractivity contribution in [3.63, 3.8) is 0 Å². The summed E-state index contributed by atoms with van der Waals surface area (Å²) in [6.45, 7) is 2.55. The lowest BCUT2D eigenvalue weighted by Gasteiger charge is -2.20. The van der Waals surface area contributed by atoms with Gasteiger partial charge >= 0.3 is 0 Å². The monoisotopic (exact) mass is 282 g/mol. The number of hydrogen-bond acceptors (Lipinski definition) is 4. The van der Waals surface area contributed by atoms with Crippen molar-refractivity contribution in [3.05, 3.63) is 48.4 Å². The van der Waals surface area contributed by atoms with E-state index >= 15 is 0 Å². The first-order valence-electron chi connectivity index (χ1n) is 7.23. The summed E-state index contributed by atoms with van der Waals surface area (Å²) in [5.74, 6) is 0.616. The van der Waals surface area contributed by atoms with Crippen molar-refractivity contribution in [2.45, 2.75) is 25.8 Å². The zero-order chi connectivity index (χ0) is 14.7. The van der Waals surface area contributed by atoms with Crippen LogP contribution in [0.3, 0.4) is 0 Å². The average Bonchev–Trinajstić information content (AvgIpc) is 3.33. The number of carbonyl (C=O) groups is 1. The van der Waals surface area contributed by atoms with Crippen molar-refractivity contribution in [2.24, 2.45) is 0 Å². The van der Waals surface area contributed by atoms with Crippen molar-refractivity contribution in [1.82, 2.24) is 9.97 Å². The van der Waals surface area contributed by atoms with Crippen LogP contribution in [0.2, 0.25) is 0 Å². The minimum Gasteiger partial charge on any atom is -0.367 e. The maximum Gasteiger partial charge on any atom is 0.277 e. The van der Waals surface area contributed by atoms with Gasteiger partial charge < -0.3 is 10.2 Å². The summed E-state index contributed by atoms with van der Waals surface area (Å²) in [6, 6.07) is 11.9. The molecule has 1 aliphatic carbocycles. The van der Waals surface area contributed by atoms with E-state index in [0.717, 1.165) is 11.5 Å². The number of nitrogens with zero attached hydrogens (tertiary/aromatic N) is 3. The Bertz CT molecular complexity index is 625. The number of amides is 1. The van der Waals surface area contributed by atoms with Gasteiger partial charge in [0.25, 0.3) is 5.91 Å². The van der Waals surface area contributed by atoms with E-state index in [0.29, 0.717) is 18.3 Å². The molecule has 1 aliphatic rings. The van der Waals surface area contributed by atoms with Crippen LogP contribution in [0.25, 0.3) is 0 Å². The first-order valence-corrected chi connectivity index (χ1v) is 7.23. The van der Waals surface area contributed by atoms with Crippen molar-refractivity contribution >= 4 is 17.4 Å². The molecule has 0 unspecified atom stereocenters. The van der Waals surface area contributed by atoms with Gasteiger partial charge in [0.2, 0.25) is 0 Å². The van der Waals surface area contributed by atoms with Crippen LogP contribution < -0.4 is 10.2 Å². The van der Waals surface area contributed by atoms with Gasteiger partial charge in [0.15, 0.2) is 0 Å². The number of aromatic nitrogens is 2. The Balaban J connectivity index is 1.82. The third-order valence-corrected chi connectivity index (χ3v) is 3.44. The molecule has 5 nitrogen and oxygen atoms in total. The Kier molecular flexibility index (Phi) is 3.81. The minimum absolute atomic E-state index is 0.107. The first kappa shape index (κ1) is 13.5. The van der Waals surface area contributed by atoms with Gasteiger partial charge in [0, 0.05) is 24.3 Å². The molecular weight excluding hydrogens is 264 g/mol. The molecule has 0 radical (unpaired) electrons. The quantitative estimate of drug-likeness (QED) is 0.916. The Morgan fingerprint density at radius 1 is 1.29 bits per heavy atom. The van der Waals surface area contributed by atoms with Crippen LogP contribution in [-0.4, -0.2) is 28.5 Å². The molecule has 1 fully saturated rings. The molecule has 0 aliphatic heterocycles. The largest absolute Gasteiger partial charge is 0.367 e. The Morgan fingerprint density at radius 3 is 2.71 bits per heavy atom. The molecule has 21 heavy (non-hydrogen) atoms. The summed E-state index contributed by atoms with van der Waals surface area (Å²) in [7, 11) is 0. The van der Waals surface area contributed by atoms with Crippen molar-refractivity contribution in [1.29, 1.82) is 0 Å².